The Kier molecular flexibility index (Phi) is 6.60. The van der Waals surface area contributed by atoms with E-state index in [0.29, 0.717) is 33.5 Å². The molecule has 3 N–H and O–H groups in total. The summed E-state index contributed by atoms with van der Waals surface area (Å²) in [6.45, 7) is 0.128. The lowest BCUT2D eigenvalue weighted by atomic mass is 9.87. The van der Waals surface area contributed by atoms with E-state index < -0.39 is 0 Å². The zero-order valence-electron chi connectivity index (χ0n) is 22.3. The van der Waals surface area contributed by atoms with Crippen LogP contribution in [0.1, 0.15) is 20.7 Å². The van der Waals surface area contributed by atoms with Crippen molar-refractivity contribution < 1.29 is 14.4 Å². The van der Waals surface area contributed by atoms with Gasteiger partial charge in [-0.25, -0.2) is 4.98 Å². The summed E-state index contributed by atoms with van der Waals surface area (Å²) in [6, 6.07) is 25.4. The van der Waals surface area contributed by atoms with Gasteiger partial charge in [-0.15, -0.1) is 15.3 Å². The van der Waals surface area contributed by atoms with Crippen LogP contribution in [0.3, 0.4) is 0 Å². The third-order valence-electron chi connectivity index (χ3n) is 6.86. The fourth-order valence-corrected chi connectivity index (χ4v) is 5.67. The number of allylic oxidation sites excluding steroid dienone is 2. The standard InChI is InChI=1S/C30H21N9O3S/c40-26-20-13-7-8-14-21(20)27(41)25-24(26)38(18-9-3-1-4-10-18)16-23(39(25)19-11-5-2-6-12-19)35-37-30-34-28(42)22(43-30)15-31-29-32-17-33-36-29/h1-15,17H,16H2,(H,34,37,42)(H2,31,32,33,36)/b22-15-,35-23+. The van der Waals surface area contributed by atoms with Crippen LogP contribution in [0.2, 0.25) is 0 Å². The predicted octanol–water partition coefficient (Wildman–Crippen LogP) is 3.91. The fraction of sp³-hybridized carbons (Fsp3) is 0.0333. The lowest BCUT2D eigenvalue weighted by Crippen LogP contribution is -2.52. The maximum Gasteiger partial charge on any atom is 0.265 e. The Bertz CT molecular complexity index is 1880. The van der Waals surface area contributed by atoms with Crippen molar-refractivity contribution in [1.82, 2.24) is 20.5 Å². The molecule has 1 aliphatic carbocycles. The number of thioether (sulfide) groups is 1. The first-order valence-corrected chi connectivity index (χ1v) is 14.0. The average Bonchev–Trinajstić information content (AvgIpc) is 3.71. The van der Waals surface area contributed by atoms with Gasteiger partial charge in [-0.3, -0.25) is 29.7 Å². The third kappa shape index (κ3) is 4.77. The lowest BCUT2D eigenvalue weighted by Gasteiger charge is -2.41. The SMILES string of the molecule is O=C1N/C(=N\N=C2/CN(c3ccccc3)C3=C(C(=O)c4ccccc4C3=O)N2c2ccccc2)S/C1=C\Nc1nc[nH]n1. The number of ketones is 2. The van der Waals surface area contributed by atoms with Gasteiger partial charge in [0.1, 0.15) is 17.7 Å². The average molecular weight is 588 g/mol. The summed E-state index contributed by atoms with van der Waals surface area (Å²) in [5.74, 6) is -0.232. The Morgan fingerprint density at radius 2 is 1.47 bits per heavy atom. The zero-order valence-corrected chi connectivity index (χ0v) is 23.1. The minimum atomic E-state index is -0.365. The van der Waals surface area contributed by atoms with Crippen LogP contribution in [0.4, 0.5) is 17.3 Å². The Balaban J connectivity index is 1.34. The monoisotopic (exact) mass is 587 g/mol. The number of amidine groups is 2. The van der Waals surface area contributed by atoms with Gasteiger partial charge >= 0.3 is 0 Å². The molecule has 210 valence electrons. The van der Waals surface area contributed by atoms with Crippen molar-refractivity contribution in [3.05, 3.63) is 125 Å². The number of para-hydroxylation sites is 2. The van der Waals surface area contributed by atoms with E-state index in [1.807, 2.05) is 60.7 Å². The van der Waals surface area contributed by atoms with Crippen LogP contribution in [0, 0.1) is 0 Å². The number of benzene rings is 3. The molecule has 0 radical (unpaired) electrons. The van der Waals surface area contributed by atoms with E-state index in [1.54, 1.807) is 34.1 Å². The molecule has 3 heterocycles. The molecular weight excluding hydrogens is 566 g/mol. The van der Waals surface area contributed by atoms with E-state index in [-0.39, 0.29) is 40.6 Å². The van der Waals surface area contributed by atoms with Crippen molar-refractivity contribution in [3.8, 4) is 0 Å². The quantitative estimate of drug-likeness (QED) is 0.233. The molecule has 0 unspecified atom stereocenters. The second-order valence-electron chi connectivity index (χ2n) is 9.45. The van der Waals surface area contributed by atoms with Crippen molar-refractivity contribution in [2.45, 2.75) is 0 Å². The molecule has 0 atom stereocenters. The maximum atomic E-state index is 14.2. The highest BCUT2D eigenvalue weighted by atomic mass is 32.2. The number of Topliss-reactive ketones (excluding diaryl/α,β-unsaturated/α-hetero) is 2. The summed E-state index contributed by atoms with van der Waals surface area (Å²) < 4.78 is 0. The van der Waals surface area contributed by atoms with Crippen molar-refractivity contribution in [3.63, 3.8) is 0 Å². The molecule has 7 rings (SSSR count). The number of fused-ring (bicyclic) bond motifs is 1. The number of hydrogen-bond acceptors (Lipinski definition) is 10. The topological polar surface area (TPSA) is 148 Å². The minimum absolute atomic E-state index is 0.128. The molecule has 4 aromatic rings. The van der Waals surface area contributed by atoms with Crippen LogP contribution in [0.15, 0.2) is 124 Å². The molecule has 2 aliphatic heterocycles. The van der Waals surface area contributed by atoms with Gasteiger partial charge in [-0.2, -0.15) is 0 Å². The van der Waals surface area contributed by atoms with E-state index in [2.05, 4.69) is 36.0 Å². The van der Waals surface area contributed by atoms with Crippen LogP contribution in [0.25, 0.3) is 0 Å². The number of anilines is 3. The number of H-pyrrole nitrogens is 1. The molecule has 3 aliphatic rings. The minimum Gasteiger partial charge on any atom is -0.329 e. The first-order chi connectivity index (χ1) is 21.1. The van der Waals surface area contributed by atoms with Crippen LogP contribution >= 0.6 is 11.8 Å². The summed E-state index contributed by atoms with van der Waals surface area (Å²) >= 11 is 1.09. The number of amides is 1. The highest BCUT2D eigenvalue weighted by molar-refractivity contribution is 8.18. The molecule has 0 saturated carbocycles. The Hall–Kier alpha value is -5.82. The van der Waals surface area contributed by atoms with Gasteiger partial charge in [-0.05, 0) is 36.0 Å². The van der Waals surface area contributed by atoms with Crippen LogP contribution in [-0.2, 0) is 4.79 Å². The normalized spacial score (nSPS) is 19.3. The van der Waals surface area contributed by atoms with Crippen molar-refractivity contribution in [2.24, 2.45) is 10.2 Å². The molecule has 1 amide bonds. The van der Waals surface area contributed by atoms with E-state index >= 15 is 0 Å². The first-order valence-electron chi connectivity index (χ1n) is 13.1. The van der Waals surface area contributed by atoms with Gasteiger partial charge in [-0.1, -0.05) is 60.7 Å². The summed E-state index contributed by atoms with van der Waals surface area (Å²) in [5, 5.41) is 21.2. The first kappa shape index (κ1) is 26.1. The number of aromatic nitrogens is 3. The van der Waals surface area contributed by atoms with Crippen LogP contribution < -0.4 is 20.4 Å². The third-order valence-corrected chi connectivity index (χ3v) is 7.76. The zero-order chi connectivity index (χ0) is 29.3. The van der Waals surface area contributed by atoms with Crippen molar-refractivity contribution >= 4 is 57.6 Å². The highest BCUT2D eigenvalue weighted by Crippen LogP contribution is 2.38. The van der Waals surface area contributed by atoms with Crippen LogP contribution in [-0.4, -0.2) is 50.2 Å². The lowest BCUT2D eigenvalue weighted by molar-refractivity contribution is -0.115. The largest absolute Gasteiger partial charge is 0.329 e. The predicted molar refractivity (Wildman–Crippen MR) is 164 cm³/mol. The van der Waals surface area contributed by atoms with E-state index in [9.17, 15) is 14.4 Å². The van der Waals surface area contributed by atoms with E-state index in [1.165, 1.54) is 12.5 Å². The highest BCUT2D eigenvalue weighted by Gasteiger charge is 2.44. The van der Waals surface area contributed by atoms with Crippen molar-refractivity contribution in [2.75, 3.05) is 21.7 Å². The van der Waals surface area contributed by atoms with Gasteiger partial charge in [0.25, 0.3) is 5.91 Å². The summed E-state index contributed by atoms with van der Waals surface area (Å²) in [4.78, 5) is 48.5. The Morgan fingerprint density at radius 1 is 0.814 bits per heavy atom. The van der Waals surface area contributed by atoms with Crippen LogP contribution in [0.5, 0.6) is 0 Å². The van der Waals surface area contributed by atoms with Gasteiger partial charge in [0, 0.05) is 28.7 Å². The molecule has 1 fully saturated rings. The molecule has 1 aromatic heterocycles. The van der Waals surface area contributed by atoms with E-state index in [4.69, 9.17) is 0 Å². The molecule has 0 bridgehead atoms. The van der Waals surface area contributed by atoms with Gasteiger partial charge in [0.15, 0.2) is 11.0 Å². The van der Waals surface area contributed by atoms with Gasteiger partial charge < -0.3 is 10.2 Å². The molecule has 3 aromatic carbocycles. The number of nitrogens with zero attached hydrogens (tertiary/aromatic N) is 6. The number of aromatic amines is 1. The fourth-order valence-electron chi connectivity index (χ4n) is 4.97. The van der Waals surface area contributed by atoms with Gasteiger partial charge in [0.05, 0.1) is 11.4 Å². The number of nitrogens with one attached hydrogen (secondary N) is 3. The second kappa shape index (κ2) is 10.9. The number of hydrogen-bond donors (Lipinski definition) is 3. The molecular formula is C30H21N9O3S. The second-order valence-corrected chi connectivity index (χ2v) is 10.5. The number of carbonyl (C=O) groups excluding carboxylic acids is 3. The molecule has 12 nitrogen and oxygen atoms in total. The number of rotatable bonds is 5. The van der Waals surface area contributed by atoms with Crippen molar-refractivity contribution in [1.29, 1.82) is 0 Å². The molecule has 13 heteroatoms. The molecule has 0 spiro atoms. The Morgan fingerprint density at radius 3 is 2.14 bits per heavy atom. The molecule has 43 heavy (non-hydrogen) atoms. The summed E-state index contributed by atoms with van der Waals surface area (Å²) in [6.07, 6.45) is 2.89. The number of carbonyl (C=O) groups is 3. The smallest absolute Gasteiger partial charge is 0.265 e. The van der Waals surface area contributed by atoms with E-state index in [0.717, 1.165) is 17.4 Å². The summed E-state index contributed by atoms with van der Waals surface area (Å²) in [5.41, 5.74) is 2.47. The molecule has 1 saturated heterocycles. The maximum absolute atomic E-state index is 14.2. The Labute approximate surface area is 248 Å². The summed E-state index contributed by atoms with van der Waals surface area (Å²) in [7, 11) is 0. The van der Waals surface area contributed by atoms with Gasteiger partial charge in [0.2, 0.25) is 17.5 Å².